The van der Waals surface area contributed by atoms with Crippen LogP contribution in [0.25, 0.3) is 0 Å². The fourth-order valence-electron chi connectivity index (χ4n) is 2.64. The first-order chi connectivity index (χ1) is 10.2. The number of rotatable bonds is 10. The second kappa shape index (κ2) is 9.66. The van der Waals surface area contributed by atoms with Crippen molar-refractivity contribution in [2.24, 2.45) is 0 Å². The van der Waals surface area contributed by atoms with Gasteiger partial charge in [-0.2, -0.15) is 0 Å². The largest absolute Gasteiger partial charge is 0.310 e. The Kier molecular flexibility index (Phi) is 8.20. The number of unbranched alkanes of at least 4 members (excludes halogenated alkanes) is 3. The summed E-state index contributed by atoms with van der Waals surface area (Å²) in [7, 11) is 0. The molecule has 0 spiro atoms. The van der Waals surface area contributed by atoms with Crippen molar-refractivity contribution in [3.63, 3.8) is 0 Å². The van der Waals surface area contributed by atoms with Crippen LogP contribution < -0.4 is 10.7 Å². The minimum Gasteiger partial charge on any atom is -0.310 e. The third-order valence-corrected chi connectivity index (χ3v) is 3.74. The van der Waals surface area contributed by atoms with Gasteiger partial charge in [0.2, 0.25) is 5.91 Å². The van der Waals surface area contributed by atoms with Crippen LogP contribution in [0, 0.1) is 0 Å². The van der Waals surface area contributed by atoms with Crippen molar-refractivity contribution in [3.05, 3.63) is 11.5 Å². The maximum Gasteiger partial charge on any atom is 0.225 e. The third-order valence-electron chi connectivity index (χ3n) is 3.74. The van der Waals surface area contributed by atoms with E-state index in [1.54, 1.807) is 0 Å². The van der Waals surface area contributed by atoms with Gasteiger partial charge in [0.1, 0.15) is 5.82 Å². The molecule has 0 saturated carbocycles. The van der Waals surface area contributed by atoms with E-state index in [0.29, 0.717) is 6.42 Å². The Morgan fingerprint density at radius 2 is 1.81 bits per heavy atom. The first-order valence-electron chi connectivity index (χ1n) is 8.52. The Morgan fingerprint density at radius 1 is 1.05 bits per heavy atom. The summed E-state index contributed by atoms with van der Waals surface area (Å²) in [6, 6.07) is 0. The summed E-state index contributed by atoms with van der Waals surface area (Å²) < 4.78 is 0. The first-order valence-corrected chi connectivity index (χ1v) is 8.52. The molecular weight excluding hydrogens is 264 g/mol. The lowest BCUT2D eigenvalue weighted by molar-refractivity contribution is -0.120. The summed E-state index contributed by atoms with van der Waals surface area (Å²) in [6.07, 6.45) is 7.41. The molecule has 1 aliphatic rings. The molecule has 0 saturated heterocycles. The second-order valence-corrected chi connectivity index (χ2v) is 5.47. The van der Waals surface area contributed by atoms with Crippen LogP contribution in [0.5, 0.6) is 0 Å². The highest BCUT2D eigenvalue weighted by Gasteiger charge is 2.27. The molecule has 122 valence electrons. The van der Waals surface area contributed by atoms with Crippen LogP contribution in [0.4, 0.5) is 0 Å². The lowest BCUT2D eigenvalue weighted by atomic mass is 10.1. The Balaban J connectivity index is 2.73. The third kappa shape index (κ3) is 5.23. The lowest BCUT2D eigenvalue weighted by Crippen LogP contribution is -2.44. The fourth-order valence-corrected chi connectivity index (χ4v) is 2.64. The van der Waals surface area contributed by atoms with E-state index >= 15 is 0 Å². The number of nitrogens with zero attached hydrogens (tertiary/aromatic N) is 2. The average molecular weight is 296 g/mol. The summed E-state index contributed by atoms with van der Waals surface area (Å²) in [5.41, 5.74) is 4.55. The smallest absolute Gasteiger partial charge is 0.225 e. The Morgan fingerprint density at radius 3 is 2.38 bits per heavy atom. The van der Waals surface area contributed by atoms with E-state index in [0.717, 1.165) is 31.8 Å². The summed E-state index contributed by atoms with van der Waals surface area (Å²) in [5, 5.41) is 7.37. The highest BCUT2D eigenvalue weighted by molar-refractivity contribution is 5.77. The topological polar surface area (TPSA) is 47.6 Å². The summed E-state index contributed by atoms with van der Waals surface area (Å²) >= 11 is 0. The summed E-state index contributed by atoms with van der Waals surface area (Å²) in [4.78, 5) is 11.9. The molecule has 0 fully saturated rings. The molecule has 5 nitrogen and oxygen atoms in total. The SMILES string of the molecule is CCCCCCC1=C(NC(=O)CCC)NN(CC)N1CC. The molecule has 0 bridgehead atoms. The number of hydrogen-bond donors (Lipinski definition) is 2. The quantitative estimate of drug-likeness (QED) is 0.608. The minimum atomic E-state index is 0.0973. The fraction of sp³-hybridized carbons (Fsp3) is 0.812. The van der Waals surface area contributed by atoms with E-state index in [4.69, 9.17) is 0 Å². The van der Waals surface area contributed by atoms with E-state index in [1.165, 1.54) is 31.4 Å². The molecule has 1 aliphatic heterocycles. The Labute approximate surface area is 129 Å². The number of carbonyl (C=O) groups is 1. The zero-order valence-electron chi connectivity index (χ0n) is 14.2. The Bertz CT molecular complexity index is 354. The van der Waals surface area contributed by atoms with Crippen LogP contribution in [0.2, 0.25) is 0 Å². The van der Waals surface area contributed by atoms with Crippen molar-refractivity contribution >= 4 is 5.91 Å². The predicted octanol–water partition coefficient (Wildman–Crippen LogP) is 3.12. The van der Waals surface area contributed by atoms with Crippen molar-refractivity contribution in [2.45, 2.75) is 72.6 Å². The van der Waals surface area contributed by atoms with Gasteiger partial charge >= 0.3 is 0 Å². The van der Waals surface area contributed by atoms with Gasteiger partial charge in [-0.3, -0.25) is 15.2 Å². The van der Waals surface area contributed by atoms with Gasteiger partial charge in [0, 0.05) is 19.5 Å². The summed E-state index contributed by atoms with van der Waals surface area (Å²) in [6.45, 7) is 10.3. The van der Waals surface area contributed by atoms with E-state index in [9.17, 15) is 4.79 Å². The van der Waals surface area contributed by atoms with Gasteiger partial charge in [-0.15, -0.1) is 5.12 Å². The maximum atomic E-state index is 11.9. The van der Waals surface area contributed by atoms with Crippen LogP contribution in [0.1, 0.15) is 72.6 Å². The molecule has 1 amide bonds. The molecule has 0 aromatic carbocycles. The number of amides is 1. The maximum absolute atomic E-state index is 11.9. The van der Waals surface area contributed by atoms with Crippen LogP contribution in [-0.4, -0.2) is 29.1 Å². The Hall–Kier alpha value is -1.23. The molecule has 0 aromatic heterocycles. The molecule has 1 heterocycles. The highest BCUT2D eigenvalue weighted by Crippen LogP contribution is 2.23. The average Bonchev–Trinajstić information content (AvgIpc) is 2.80. The van der Waals surface area contributed by atoms with E-state index in [1.807, 2.05) is 6.92 Å². The standard InChI is InChI=1S/C16H32N4O/c1-5-9-10-11-13-14-16(17-15(21)12-6-2)18-20(8-4)19(14)7-3/h18H,5-13H2,1-4H3,(H,17,21). The monoisotopic (exact) mass is 296 g/mol. The van der Waals surface area contributed by atoms with E-state index in [-0.39, 0.29) is 5.91 Å². The van der Waals surface area contributed by atoms with Crippen LogP contribution in [0.3, 0.4) is 0 Å². The molecule has 0 aliphatic carbocycles. The molecule has 21 heavy (non-hydrogen) atoms. The van der Waals surface area contributed by atoms with E-state index in [2.05, 4.69) is 41.6 Å². The van der Waals surface area contributed by atoms with Gasteiger partial charge in [-0.1, -0.05) is 33.1 Å². The van der Waals surface area contributed by atoms with Gasteiger partial charge < -0.3 is 5.32 Å². The van der Waals surface area contributed by atoms with Gasteiger partial charge in [-0.05, 0) is 33.1 Å². The van der Waals surface area contributed by atoms with Gasteiger partial charge in [0.25, 0.3) is 0 Å². The predicted molar refractivity (Wildman–Crippen MR) is 86.7 cm³/mol. The lowest BCUT2D eigenvalue weighted by Gasteiger charge is -2.29. The van der Waals surface area contributed by atoms with Crippen molar-refractivity contribution in [3.8, 4) is 0 Å². The molecule has 0 radical (unpaired) electrons. The molecule has 0 atom stereocenters. The van der Waals surface area contributed by atoms with E-state index < -0.39 is 0 Å². The van der Waals surface area contributed by atoms with Crippen molar-refractivity contribution in [1.29, 1.82) is 0 Å². The highest BCUT2D eigenvalue weighted by atomic mass is 16.1. The van der Waals surface area contributed by atoms with Crippen LogP contribution in [-0.2, 0) is 4.79 Å². The van der Waals surface area contributed by atoms with Gasteiger partial charge in [0.15, 0.2) is 0 Å². The van der Waals surface area contributed by atoms with Crippen LogP contribution >= 0.6 is 0 Å². The van der Waals surface area contributed by atoms with Crippen molar-refractivity contribution in [1.82, 2.24) is 20.9 Å². The van der Waals surface area contributed by atoms with Crippen molar-refractivity contribution < 1.29 is 4.79 Å². The minimum absolute atomic E-state index is 0.0973. The number of nitrogens with one attached hydrogen (secondary N) is 2. The molecule has 2 N–H and O–H groups in total. The zero-order valence-corrected chi connectivity index (χ0v) is 14.2. The molecule has 5 heteroatoms. The zero-order chi connectivity index (χ0) is 15.7. The number of hydrazine groups is 2. The number of carbonyl (C=O) groups excluding carboxylic acids is 1. The van der Waals surface area contributed by atoms with Crippen LogP contribution in [0.15, 0.2) is 11.5 Å². The molecule has 0 unspecified atom stereocenters. The van der Waals surface area contributed by atoms with Gasteiger partial charge in [0.05, 0.1) is 5.70 Å². The second-order valence-electron chi connectivity index (χ2n) is 5.47. The van der Waals surface area contributed by atoms with Gasteiger partial charge in [-0.25, -0.2) is 0 Å². The number of hydrogen-bond acceptors (Lipinski definition) is 4. The first kappa shape index (κ1) is 17.8. The molecule has 1 rings (SSSR count). The van der Waals surface area contributed by atoms with Crippen molar-refractivity contribution in [2.75, 3.05) is 13.1 Å². The molecule has 0 aromatic rings. The molecular formula is C16H32N4O. The normalized spacial score (nSPS) is 15.5. The number of allylic oxidation sites excluding steroid dienone is 1. The summed E-state index contributed by atoms with van der Waals surface area (Å²) in [5.74, 6) is 0.980.